The van der Waals surface area contributed by atoms with Crippen molar-refractivity contribution in [2.24, 2.45) is 5.92 Å². The van der Waals surface area contributed by atoms with E-state index in [0.717, 1.165) is 13.0 Å². The normalized spacial score (nSPS) is 22.6. The summed E-state index contributed by atoms with van der Waals surface area (Å²) in [7, 11) is 0. The van der Waals surface area contributed by atoms with Gasteiger partial charge >= 0.3 is 6.09 Å². The van der Waals surface area contributed by atoms with E-state index in [1.165, 1.54) is 0 Å². The predicted molar refractivity (Wildman–Crippen MR) is 91.6 cm³/mol. The Morgan fingerprint density at radius 2 is 2.21 bits per heavy atom. The molecule has 1 aromatic heterocycles. The second-order valence-electron chi connectivity index (χ2n) is 7.58. The van der Waals surface area contributed by atoms with Gasteiger partial charge in [-0.25, -0.2) is 4.79 Å². The third kappa shape index (κ3) is 5.79. The van der Waals surface area contributed by atoms with Crippen LogP contribution in [0, 0.1) is 5.92 Å². The first-order valence-electron chi connectivity index (χ1n) is 8.61. The zero-order valence-electron chi connectivity index (χ0n) is 15.1. The van der Waals surface area contributed by atoms with E-state index >= 15 is 0 Å². The summed E-state index contributed by atoms with van der Waals surface area (Å²) in [6, 6.07) is 2.23. The summed E-state index contributed by atoms with van der Waals surface area (Å²) in [6.07, 6.45) is 3.82. The lowest BCUT2D eigenvalue weighted by Gasteiger charge is -2.24. The molecule has 0 aliphatic carbocycles. The SMILES string of the molecule is C[C@H](CCn1cccn1)NC[C@H]1CN(C(=O)OC(C)(C)C)C[C@H]1O. The van der Waals surface area contributed by atoms with E-state index in [1.54, 1.807) is 11.1 Å². The highest BCUT2D eigenvalue weighted by molar-refractivity contribution is 5.68. The first-order chi connectivity index (χ1) is 11.2. The zero-order valence-corrected chi connectivity index (χ0v) is 15.1. The average molecular weight is 338 g/mol. The summed E-state index contributed by atoms with van der Waals surface area (Å²) in [4.78, 5) is 13.7. The Morgan fingerprint density at radius 3 is 2.83 bits per heavy atom. The van der Waals surface area contributed by atoms with Crippen LogP contribution < -0.4 is 5.32 Å². The van der Waals surface area contributed by atoms with E-state index in [4.69, 9.17) is 4.74 Å². The molecule has 3 atom stereocenters. The van der Waals surface area contributed by atoms with Crippen LogP contribution in [0.15, 0.2) is 18.5 Å². The molecule has 0 spiro atoms. The van der Waals surface area contributed by atoms with Gasteiger partial charge in [-0.2, -0.15) is 5.10 Å². The van der Waals surface area contributed by atoms with Crippen LogP contribution in [-0.2, 0) is 11.3 Å². The highest BCUT2D eigenvalue weighted by Crippen LogP contribution is 2.19. The second kappa shape index (κ2) is 7.98. The molecule has 136 valence electrons. The van der Waals surface area contributed by atoms with Gasteiger partial charge in [-0.15, -0.1) is 0 Å². The van der Waals surface area contributed by atoms with Crippen molar-refractivity contribution in [2.45, 2.75) is 58.4 Å². The molecule has 2 rings (SSSR count). The molecule has 7 heteroatoms. The minimum atomic E-state index is -0.514. The molecule has 1 aromatic rings. The van der Waals surface area contributed by atoms with Crippen LogP contribution in [0.5, 0.6) is 0 Å². The van der Waals surface area contributed by atoms with Gasteiger partial charge in [-0.1, -0.05) is 0 Å². The lowest BCUT2D eigenvalue weighted by atomic mass is 10.1. The molecular formula is C17H30N4O3. The molecule has 0 bridgehead atoms. The minimum Gasteiger partial charge on any atom is -0.444 e. The van der Waals surface area contributed by atoms with Crippen molar-refractivity contribution in [3.63, 3.8) is 0 Å². The van der Waals surface area contributed by atoms with Crippen LogP contribution >= 0.6 is 0 Å². The number of aliphatic hydroxyl groups is 1. The fourth-order valence-electron chi connectivity index (χ4n) is 2.74. The highest BCUT2D eigenvalue weighted by atomic mass is 16.6. The molecule has 1 aliphatic rings. The number of rotatable bonds is 6. The third-order valence-electron chi connectivity index (χ3n) is 4.14. The van der Waals surface area contributed by atoms with E-state index in [0.29, 0.717) is 25.7 Å². The van der Waals surface area contributed by atoms with Gasteiger partial charge in [0, 0.05) is 44.0 Å². The van der Waals surface area contributed by atoms with Crippen LogP contribution in [0.1, 0.15) is 34.1 Å². The molecule has 1 fully saturated rings. The lowest BCUT2D eigenvalue weighted by molar-refractivity contribution is 0.0270. The number of aliphatic hydroxyl groups excluding tert-OH is 1. The van der Waals surface area contributed by atoms with Crippen molar-refractivity contribution < 1.29 is 14.6 Å². The molecule has 24 heavy (non-hydrogen) atoms. The smallest absolute Gasteiger partial charge is 0.410 e. The molecule has 1 amide bonds. The number of nitrogens with zero attached hydrogens (tertiary/aromatic N) is 3. The molecule has 0 aromatic carbocycles. The van der Waals surface area contributed by atoms with Crippen molar-refractivity contribution in [3.05, 3.63) is 18.5 Å². The minimum absolute atomic E-state index is 0.0321. The van der Waals surface area contributed by atoms with Crippen molar-refractivity contribution in [2.75, 3.05) is 19.6 Å². The van der Waals surface area contributed by atoms with Gasteiger partial charge in [0.2, 0.25) is 0 Å². The number of aryl methyl sites for hydroxylation is 1. The van der Waals surface area contributed by atoms with Gasteiger partial charge in [0.05, 0.1) is 12.6 Å². The van der Waals surface area contributed by atoms with Crippen molar-refractivity contribution in [3.8, 4) is 0 Å². The molecule has 0 radical (unpaired) electrons. The maximum atomic E-state index is 12.1. The van der Waals surface area contributed by atoms with E-state index < -0.39 is 11.7 Å². The average Bonchev–Trinajstić information content (AvgIpc) is 3.10. The number of hydrogen-bond acceptors (Lipinski definition) is 5. The Bertz CT molecular complexity index is 512. The van der Waals surface area contributed by atoms with E-state index in [-0.39, 0.29) is 12.0 Å². The van der Waals surface area contributed by atoms with Crippen LogP contribution in [0.3, 0.4) is 0 Å². The molecular weight excluding hydrogens is 308 g/mol. The number of nitrogens with one attached hydrogen (secondary N) is 1. The summed E-state index contributed by atoms with van der Waals surface area (Å²) in [5.41, 5.74) is -0.514. The summed E-state index contributed by atoms with van der Waals surface area (Å²) in [5.74, 6) is 0.0321. The summed E-state index contributed by atoms with van der Waals surface area (Å²) in [6.45, 7) is 10.1. The Hall–Kier alpha value is -1.60. The second-order valence-corrected chi connectivity index (χ2v) is 7.58. The molecule has 2 heterocycles. The Labute approximate surface area is 144 Å². The molecule has 1 aliphatic heterocycles. The zero-order chi connectivity index (χ0) is 17.7. The van der Waals surface area contributed by atoms with E-state index in [1.807, 2.05) is 37.7 Å². The van der Waals surface area contributed by atoms with Crippen molar-refractivity contribution in [1.29, 1.82) is 0 Å². The monoisotopic (exact) mass is 338 g/mol. The Kier molecular flexibility index (Phi) is 6.23. The van der Waals surface area contributed by atoms with E-state index in [9.17, 15) is 9.90 Å². The van der Waals surface area contributed by atoms with Crippen LogP contribution in [-0.4, -0.2) is 63.3 Å². The van der Waals surface area contributed by atoms with Crippen LogP contribution in [0.25, 0.3) is 0 Å². The molecule has 0 unspecified atom stereocenters. The van der Waals surface area contributed by atoms with Crippen LogP contribution in [0.4, 0.5) is 4.79 Å². The van der Waals surface area contributed by atoms with Gasteiger partial charge < -0.3 is 20.1 Å². The number of likely N-dealkylation sites (tertiary alicyclic amines) is 1. The topological polar surface area (TPSA) is 79.6 Å². The molecule has 1 saturated heterocycles. The molecule has 0 saturated carbocycles. The largest absolute Gasteiger partial charge is 0.444 e. The summed E-state index contributed by atoms with van der Waals surface area (Å²) >= 11 is 0. The number of carbonyl (C=O) groups is 1. The van der Waals surface area contributed by atoms with Crippen molar-refractivity contribution in [1.82, 2.24) is 20.0 Å². The Balaban J connectivity index is 1.71. The Morgan fingerprint density at radius 1 is 1.46 bits per heavy atom. The summed E-state index contributed by atoms with van der Waals surface area (Å²) in [5, 5.41) is 17.8. The lowest BCUT2D eigenvalue weighted by Crippen LogP contribution is -2.37. The summed E-state index contributed by atoms with van der Waals surface area (Å²) < 4.78 is 7.28. The van der Waals surface area contributed by atoms with Gasteiger partial charge in [0.15, 0.2) is 0 Å². The third-order valence-corrected chi connectivity index (χ3v) is 4.14. The van der Waals surface area contributed by atoms with Gasteiger partial charge in [0.25, 0.3) is 0 Å². The fraction of sp³-hybridized carbons (Fsp3) is 0.765. The first-order valence-corrected chi connectivity index (χ1v) is 8.61. The standard InChI is InChI=1S/C17H30N4O3/c1-13(6-9-21-8-5-7-19-21)18-10-14-11-20(12-15(14)22)16(23)24-17(2,3)4/h5,7-8,13-15,18,22H,6,9-12H2,1-4H3/t13-,14+,15-/m1/s1. The number of amides is 1. The maximum Gasteiger partial charge on any atom is 0.410 e. The quantitative estimate of drug-likeness (QED) is 0.821. The number of hydrogen-bond donors (Lipinski definition) is 2. The van der Waals surface area contributed by atoms with Gasteiger partial charge in [-0.3, -0.25) is 4.68 Å². The van der Waals surface area contributed by atoms with Gasteiger partial charge in [-0.05, 0) is 40.2 Å². The molecule has 2 N–H and O–H groups in total. The molecule has 7 nitrogen and oxygen atoms in total. The van der Waals surface area contributed by atoms with Crippen molar-refractivity contribution >= 4 is 6.09 Å². The predicted octanol–water partition coefficient (Wildman–Crippen LogP) is 1.48. The number of β-amino-alcohol motifs (C(OH)–C–C–N with tert-alkyl or cyclic N) is 1. The van der Waals surface area contributed by atoms with Crippen LogP contribution in [0.2, 0.25) is 0 Å². The number of ether oxygens (including phenoxy) is 1. The first kappa shape index (κ1) is 18.7. The van der Waals surface area contributed by atoms with E-state index in [2.05, 4.69) is 17.3 Å². The maximum absolute atomic E-state index is 12.1. The number of carbonyl (C=O) groups excluding carboxylic acids is 1. The number of aromatic nitrogens is 2. The highest BCUT2D eigenvalue weighted by Gasteiger charge is 2.35. The fourth-order valence-corrected chi connectivity index (χ4v) is 2.74. The van der Waals surface area contributed by atoms with Gasteiger partial charge in [0.1, 0.15) is 5.60 Å².